The van der Waals surface area contributed by atoms with E-state index in [1.165, 1.54) is 0 Å². The number of nitrogens with one attached hydrogen (secondary N) is 1. The lowest BCUT2D eigenvalue weighted by Gasteiger charge is -2.19. The largest absolute Gasteiger partial charge is 0.493 e. The van der Waals surface area contributed by atoms with Gasteiger partial charge in [-0.15, -0.1) is 0 Å². The lowest BCUT2D eigenvalue weighted by molar-refractivity contribution is 0.391. The minimum Gasteiger partial charge on any atom is -0.493 e. The van der Waals surface area contributed by atoms with Gasteiger partial charge in [-0.25, -0.2) is 15.4 Å². The van der Waals surface area contributed by atoms with Crippen LogP contribution in [-0.4, -0.2) is 26.9 Å². The summed E-state index contributed by atoms with van der Waals surface area (Å²) in [5.41, 5.74) is 4.55. The Morgan fingerprint density at radius 2 is 1.90 bits per heavy atom. The van der Waals surface area contributed by atoms with Gasteiger partial charge in [0, 0.05) is 18.4 Å². The standard InChI is InChI=1S/C13H20N6O/c1-8(2)19-12(10(20-4)7-17-19)11(18-14)13-15-5-9(3)6-16-13/h5-8,11,18H,14H2,1-4H3. The van der Waals surface area contributed by atoms with E-state index in [0.717, 1.165) is 11.3 Å². The zero-order valence-corrected chi connectivity index (χ0v) is 12.2. The van der Waals surface area contributed by atoms with Crippen molar-refractivity contribution in [1.82, 2.24) is 25.2 Å². The first-order valence-electron chi connectivity index (χ1n) is 6.44. The molecule has 7 heteroatoms. The molecule has 0 aliphatic heterocycles. The van der Waals surface area contributed by atoms with Crippen LogP contribution in [0.4, 0.5) is 0 Å². The molecule has 3 N–H and O–H groups in total. The zero-order valence-electron chi connectivity index (χ0n) is 12.2. The number of rotatable bonds is 5. The number of ether oxygens (including phenoxy) is 1. The molecule has 0 saturated heterocycles. The third kappa shape index (κ3) is 2.63. The second-order valence-corrected chi connectivity index (χ2v) is 4.85. The molecule has 2 rings (SSSR count). The number of hydrogen-bond acceptors (Lipinski definition) is 6. The highest BCUT2D eigenvalue weighted by Gasteiger charge is 2.25. The maximum absolute atomic E-state index is 5.70. The van der Waals surface area contributed by atoms with Gasteiger partial charge in [-0.2, -0.15) is 5.10 Å². The molecule has 0 aliphatic rings. The average molecular weight is 276 g/mol. The predicted octanol–water partition coefficient (Wildman–Crippen LogP) is 1.12. The highest BCUT2D eigenvalue weighted by atomic mass is 16.5. The Balaban J connectivity index is 2.50. The molecular formula is C13H20N6O. The van der Waals surface area contributed by atoms with E-state index in [2.05, 4.69) is 20.5 Å². The summed E-state index contributed by atoms with van der Waals surface area (Å²) >= 11 is 0. The van der Waals surface area contributed by atoms with Gasteiger partial charge in [0.25, 0.3) is 0 Å². The fraction of sp³-hybridized carbons (Fsp3) is 0.462. The summed E-state index contributed by atoms with van der Waals surface area (Å²) in [6, 6.07) is -0.203. The minimum absolute atomic E-state index is 0.176. The summed E-state index contributed by atoms with van der Waals surface area (Å²) in [4.78, 5) is 8.66. The Morgan fingerprint density at radius 3 is 2.40 bits per heavy atom. The van der Waals surface area contributed by atoms with Crippen LogP contribution in [0, 0.1) is 6.92 Å². The molecule has 0 amide bonds. The van der Waals surface area contributed by atoms with Crippen LogP contribution in [0.1, 0.15) is 43.0 Å². The molecule has 0 radical (unpaired) electrons. The van der Waals surface area contributed by atoms with Gasteiger partial charge in [-0.1, -0.05) is 0 Å². The second-order valence-electron chi connectivity index (χ2n) is 4.85. The van der Waals surface area contributed by atoms with E-state index in [4.69, 9.17) is 10.6 Å². The summed E-state index contributed by atoms with van der Waals surface area (Å²) in [5.74, 6) is 6.94. The molecule has 2 aromatic rings. The third-order valence-electron chi connectivity index (χ3n) is 3.01. The van der Waals surface area contributed by atoms with E-state index in [1.807, 2.05) is 25.5 Å². The van der Waals surface area contributed by atoms with Crippen molar-refractivity contribution in [3.63, 3.8) is 0 Å². The van der Waals surface area contributed by atoms with Crippen molar-refractivity contribution in [3.05, 3.63) is 35.7 Å². The first-order chi connectivity index (χ1) is 9.58. The van der Waals surface area contributed by atoms with Crippen LogP contribution >= 0.6 is 0 Å². The molecule has 0 saturated carbocycles. The Morgan fingerprint density at radius 1 is 1.25 bits per heavy atom. The molecule has 2 aromatic heterocycles. The van der Waals surface area contributed by atoms with Gasteiger partial charge >= 0.3 is 0 Å². The van der Waals surface area contributed by atoms with E-state index in [1.54, 1.807) is 25.7 Å². The van der Waals surface area contributed by atoms with E-state index in [-0.39, 0.29) is 12.1 Å². The van der Waals surface area contributed by atoms with Crippen LogP contribution in [0.5, 0.6) is 5.75 Å². The summed E-state index contributed by atoms with van der Waals surface area (Å²) in [5, 5.41) is 4.34. The Hall–Kier alpha value is -1.99. The Bertz CT molecular complexity index is 563. The molecule has 0 spiro atoms. The normalized spacial score (nSPS) is 12.7. The summed E-state index contributed by atoms with van der Waals surface area (Å²) in [6.07, 6.45) is 5.19. The SMILES string of the molecule is COc1cnn(C(C)C)c1C(NN)c1ncc(C)cn1. The summed E-state index contributed by atoms with van der Waals surface area (Å²) in [6.45, 7) is 6.02. The summed E-state index contributed by atoms with van der Waals surface area (Å²) < 4.78 is 7.22. The molecule has 1 unspecified atom stereocenters. The van der Waals surface area contributed by atoms with Crippen LogP contribution < -0.4 is 16.0 Å². The number of aryl methyl sites for hydroxylation is 1. The molecule has 0 bridgehead atoms. The molecule has 7 nitrogen and oxygen atoms in total. The minimum atomic E-state index is -0.379. The van der Waals surface area contributed by atoms with Crippen LogP contribution in [0.25, 0.3) is 0 Å². The Labute approximate surface area is 118 Å². The maximum atomic E-state index is 5.70. The van der Waals surface area contributed by atoms with Crippen LogP contribution in [0.2, 0.25) is 0 Å². The predicted molar refractivity (Wildman–Crippen MR) is 75.1 cm³/mol. The van der Waals surface area contributed by atoms with Crippen LogP contribution in [0.3, 0.4) is 0 Å². The summed E-state index contributed by atoms with van der Waals surface area (Å²) in [7, 11) is 1.61. The quantitative estimate of drug-likeness (QED) is 0.628. The van der Waals surface area contributed by atoms with Crippen molar-refractivity contribution >= 4 is 0 Å². The fourth-order valence-electron chi connectivity index (χ4n) is 2.03. The first kappa shape index (κ1) is 14.4. The van der Waals surface area contributed by atoms with Crippen molar-refractivity contribution < 1.29 is 4.74 Å². The smallest absolute Gasteiger partial charge is 0.162 e. The fourth-order valence-corrected chi connectivity index (χ4v) is 2.03. The molecule has 1 atom stereocenters. The lowest BCUT2D eigenvalue weighted by atomic mass is 10.1. The molecule has 2 heterocycles. The number of methoxy groups -OCH3 is 1. The monoisotopic (exact) mass is 276 g/mol. The van der Waals surface area contributed by atoms with Crippen molar-refractivity contribution in [1.29, 1.82) is 0 Å². The van der Waals surface area contributed by atoms with Crippen LogP contribution in [-0.2, 0) is 0 Å². The van der Waals surface area contributed by atoms with E-state index in [0.29, 0.717) is 11.6 Å². The van der Waals surface area contributed by atoms with Gasteiger partial charge < -0.3 is 4.74 Å². The number of hydrogen-bond donors (Lipinski definition) is 2. The van der Waals surface area contributed by atoms with Gasteiger partial charge in [0.05, 0.1) is 13.3 Å². The third-order valence-corrected chi connectivity index (χ3v) is 3.01. The highest BCUT2D eigenvalue weighted by Crippen LogP contribution is 2.29. The zero-order chi connectivity index (χ0) is 14.7. The van der Waals surface area contributed by atoms with E-state index < -0.39 is 0 Å². The molecule has 0 fully saturated rings. The average Bonchev–Trinajstić information content (AvgIpc) is 2.86. The van der Waals surface area contributed by atoms with Crippen molar-refractivity contribution in [2.75, 3.05) is 7.11 Å². The number of aromatic nitrogens is 4. The van der Waals surface area contributed by atoms with Gasteiger partial charge in [-0.05, 0) is 26.3 Å². The molecule has 0 aromatic carbocycles. The molecule has 108 valence electrons. The molecule has 0 aliphatic carbocycles. The Kier molecular flexibility index (Phi) is 4.31. The number of nitrogens with zero attached hydrogens (tertiary/aromatic N) is 4. The molecular weight excluding hydrogens is 256 g/mol. The van der Waals surface area contributed by atoms with E-state index in [9.17, 15) is 0 Å². The second kappa shape index (κ2) is 5.98. The van der Waals surface area contributed by atoms with E-state index >= 15 is 0 Å². The van der Waals surface area contributed by atoms with Gasteiger partial charge in [-0.3, -0.25) is 10.5 Å². The van der Waals surface area contributed by atoms with Crippen molar-refractivity contribution in [2.24, 2.45) is 5.84 Å². The van der Waals surface area contributed by atoms with Gasteiger partial charge in [0.2, 0.25) is 0 Å². The maximum Gasteiger partial charge on any atom is 0.162 e. The first-order valence-corrected chi connectivity index (χ1v) is 6.44. The van der Waals surface area contributed by atoms with Crippen molar-refractivity contribution in [2.45, 2.75) is 32.9 Å². The van der Waals surface area contributed by atoms with Gasteiger partial charge in [0.15, 0.2) is 11.6 Å². The molecule has 20 heavy (non-hydrogen) atoms. The van der Waals surface area contributed by atoms with Crippen molar-refractivity contribution in [3.8, 4) is 5.75 Å². The topological polar surface area (TPSA) is 90.9 Å². The lowest BCUT2D eigenvalue weighted by Crippen LogP contribution is -2.32. The van der Waals surface area contributed by atoms with Crippen LogP contribution in [0.15, 0.2) is 18.6 Å². The number of nitrogens with two attached hydrogens (primary N) is 1. The number of hydrazine groups is 1. The highest BCUT2D eigenvalue weighted by molar-refractivity contribution is 5.32. The van der Waals surface area contributed by atoms with Gasteiger partial charge in [0.1, 0.15) is 11.7 Å².